The maximum absolute atomic E-state index is 5.84. The van der Waals surface area contributed by atoms with Gasteiger partial charge in [-0.2, -0.15) is 4.98 Å². The number of hydrogen-bond acceptors (Lipinski definition) is 5. The van der Waals surface area contributed by atoms with E-state index in [-0.39, 0.29) is 12.0 Å². The lowest BCUT2D eigenvalue weighted by Crippen LogP contribution is -2.18. The first kappa shape index (κ1) is 12.1. The molecule has 5 heteroatoms. The molecule has 86 valence electrons. The van der Waals surface area contributed by atoms with Crippen molar-refractivity contribution in [3.8, 4) is 0 Å². The molecule has 15 heavy (non-hydrogen) atoms. The highest BCUT2D eigenvalue weighted by atomic mass is 16.5. The van der Waals surface area contributed by atoms with Crippen LogP contribution < -0.4 is 5.73 Å². The fourth-order valence-corrected chi connectivity index (χ4v) is 1.06. The molecule has 0 aromatic carbocycles. The summed E-state index contributed by atoms with van der Waals surface area (Å²) < 4.78 is 10.4. The Hall–Kier alpha value is -0.940. The molecule has 0 aliphatic heterocycles. The Labute approximate surface area is 90.0 Å². The van der Waals surface area contributed by atoms with Crippen LogP contribution in [0.15, 0.2) is 4.52 Å². The maximum Gasteiger partial charge on any atom is 0.229 e. The molecule has 0 aliphatic rings. The van der Waals surface area contributed by atoms with E-state index in [2.05, 4.69) is 17.1 Å². The summed E-state index contributed by atoms with van der Waals surface area (Å²) in [6.07, 6.45) is 0.982. The molecule has 1 aromatic rings. The summed E-state index contributed by atoms with van der Waals surface area (Å²) in [7, 11) is 0. The number of rotatable bonds is 6. The molecule has 1 unspecified atom stereocenters. The van der Waals surface area contributed by atoms with Gasteiger partial charge in [-0.25, -0.2) is 0 Å². The van der Waals surface area contributed by atoms with Gasteiger partial charge in [-0.05, 0) is 6.42 Å². The quantitative estimate of drug-likeness (QED) is 0.727. The summed E-state index contributed by atoms with van der Waals surface area (Å²) in [6.45, 7) is 7.19. The third-order valence-electron chi connectivity index (χ3n) is 1.93. The third-order valence-corrected chi connectivity index (χ3v) is 1.93. The van der Waals surface area contributed by atoms with E-state index >= 15 is 0 Å². The highest BCUT2D eigenvalue weighted by Crippen LogP contribution is 2.14. The second-order valence-electron chi connectivity index (χ2n) is 3.83. The van der Waals surface area contributed by atoms with Crippen molar-refractivity contribution in [3.05, 3.63) is 11.7 Å². The Bertz CT molecular complexity index is 286. The molecule has 2 N–H and O–H groups in total. The van der Waals surface area contributed by atoms with Gasteiger partial charge >= 0.3 is 0 Å². The molecule has 1 atom stereocenters. The van der Waals surface area contributed by atoms with Gasteiger partial charge < -0.3 is 15.0 Å². The lowest BCUT2D eigenvalue weighted by molar-refractivity contribution is 0.119. The summed E-state index contributed by atoms with van der Waals surface area (Å²) in [6, 6.07) is -0.298. The van der Waals surface area contributed by atoms with Crippen molar-refractivity contribution in [2.24, 2.45) is 5.73 Å². The number of nitrogens with zero attached hydrogens (tertiary/aromatic N) is 2. The van der Waals surface area contributed by atoms with Crippen molar-refractivity contribution in [1.29, 1.82) is 0 Å². The summed E-state index contributed by atoms with van der Waals surface area (Å²) in [5.74, 6) is 1.38. The minimum absolute atomic E-state index is 0.231. The van der Waals surface area contributed by atoms with Crippen LogP contribution in [0.4, 0.5) is 0 Å². The van der Waals surface area contributed by atoms with Crippen LogP contribution in [0.25, 0.3) is 0 Å². The summed E-state index contributed by atoms with van der Waals surface area (Å²) in [5, 5.41) is 3.82. The van der Waals surface area contributed by atoms with E-state index in [9.17, 15) is 0 Å². The zero-order valence-electron chi connectivity index (χ0n) is 9.56. The lowest BCUT2D eigenvalue weighted by atomic mass is 10.2. The molecule has 0 aliphatic carbocycles. The number of ether oxygens (including phenoxy) is 1. The monoisotopic (exact) mass is 213 g/mol. The van der Waals surface area contributed by atoms with Crippen LogP contribution in [0, 0.1) is 0 Å². The zero-order valence-corrected chi connectivity index (χ0v) is 9.56. The largest absolute Gasteiger partial charge is 0.379 e. The van der Waals surface area contributed by atoms with Gasteiger partial charge in [0.1, 0.15) is 0 Å². The number of aromatic nitrogens is 2. The maximum atomic E-state index is 5.84. The molecule has 0 amide bonds. The molecule has 0 fully saturated rings. The minimum Gasteiger partial charge on any atom is -0.379 e. The van der Waals surface area contributed by atoms with E-state index in [0.29, 0.717) is 24.9 Å². The van der Waals surface area contributed by atoms with Gasteiger partial charge in [0, 0.05) is 12.5 Å². The Morgan fingerprint density at radius 1 is 1.47 bits per heavy atom. The Kier molecular flexibility index (Phi) is 4.71. The van der Waals surface area contributed by atoms with E-state index in [0.717, 1.165) is 6.42 Å². The van der Waals surface area contributed by atoms with Gasteiger partial charge in [0.25, 0.3) is 0 Å². The van der Waals surface area contributed by atoms with Gasteiger partial charge in [-0.15, -0.1) is 0 Å². The van der Waals surface area contributed by atoms with E-state index in [1.165, 1.54) is 0 Å². The van der Waals surface area contributed by atoms with E-state index in [4.69, 9.17) is 15.0 Å². The van der Waals surface area contributed by atoms with Gasteiger partial charge in [0.2, 0.25) is 5.89 Å². The normalized spacial score (nSPS) is 13.4. The smallest absolute Gasteiger partial charge is 0.229 e. The van der Waals surface area contributed by atoms with Crippen LogP contribution in [-0.2, 0) is 4.74 Å². The van der Waals surface area contributed by atoms with Gasteiger partial charge in [0.05, 0.1) is 12.6 Å². The first-order valence-corrected chi connectivity index (χ1v) is 5.32. The van der Waals surface area contributed by atoms with Gasteiger partial charge in [-0.1, -0.05) is 25.9 Å². The predicted molar refractivity (Wildman–Crippen MR) is 56.4 cm³/mol. The molecular formula is C10H19N3O2. The average molecular weight is 213 g/mol. The molecule has 1 rings (SSSR count). The molecule has 1 aromatic heterocycles. The number of hydrogen-bond donors (Lipinski definition) is 1. The van der Waals surface area contributed by atoms with Crippen molar-refractivity contribution in [1.82, 2.24) is 10.1 Å². The molecule has 1 heterocycles. The van der Waals surface area contributed by atoms with Crippen molar-refractivity contribution in [2.45, 2.75) is 39.2 Å². The van der Waals surface area contributed by atoms with E-state index in [1.54, 1.807) is 0 Å². The van der Waals surface area contributed by atoms with Crippen LogP contribution in [-0.4, -0.2) is 23.4 Å². The van der Waals surface area contributed by atoms with Crippen molar-refractivity contribution >= 4 is 0 Å². The Morgan fingerprint density at radius 3 is 2.73 bits per heavy atom. The fraction of sp³-hybridized carbons (Fsp3) is 0.800. The van der Waals surface area contributed by atoms with Crippen LogP contribution in [0.3, 0.4) is 0 Å². The second-order valence-corrected chi connectivity index (χ2v) is 3.83. The van der Waals surface area contributed by atoms with E-state index < -0.39 is 0 Å². The minimum atomic E-state index is -0.298. The highest BCUT2D eigenvalue weighted by molar-refractivity contribution is 4.95. The van der Waals surface area contributed by atoms with Crippen molar-refractivity contribution in [3.63, 3.8) is 0 Å². The summed E-state index contributed by atoms with van der Waals surface area (Å²) in [4.78, 5) is 4.21. The van der Waals surface area contributed by atoms with Crippen LogP contribution in [0.5, 0.6) is 0 Å². The second kappa shape index (κ2) is 5.82. The molecule has 5 nitrogen and oxygen atoms in total. The molecule has 0 radical (unpaired) electrons. The topological polar surface area (TPSA) is 74.2 Å². The molecule has 0 saturated carbocycles. The molecule has 0 bridgehead atoms. The molecule has 0 saturated heterocycles. The average Bonchev–Trinajstić information content (AvgIpc) is 2.66. The highest BCUT2D eigenvalue weighted by Gasteiger charge is 2.15. The lowest BCUT2D eigenvalue weighted by Gasteiger charge is -2.06. The predicted octanol–water partition coefficient (Wildman–Crippen LogP) is 1.62. The fourth-order valence-electron chi connectivity index (χ4n) is 1.06. The first-order chi connectivity index (χ1) is 7.15. The Morgan fingerprint density at radius 2 is 2.20 bits per heavy atom. The molecular weight excluding hydrogens is 194 g/mol. The van der Waals surface area contributed by atoms with Crippen LogP contribution in [0.2, 0.25) is 0 Å². The Balaban J connectivity index is 2.47. The summed E-state index contributed by atoms with van der Waals surface area (Å²) in [5.41, 5.74) is 5.84. The zero-order chi connectivity index (χ0) is 11.3. The van der Waals surface area contributed by atoms with Crippen LogP contribution in [0.1, 0.15) is 50.9 Å². The van der Waals surface area contributed by atoms with Gasteiger partial charge in [-0.3, -0.25) is 0 Å². The third kappa shape index (κ3) is 3.60. The van der Waals surface area contributed by atoms with Crippen molar-refractivity contribution < 1.29 is 9.26 Å². The van der Waals surface area contributed by atoms with E-state index in [1.807, 2.05) is 13.8 Å². The number of nitrogens with two attached hydrogens (primary N) is 1. The van der Waals surface area contributed by atoms with Gasteiger partial charge in [0.15, 0.2) is 5.82 Å². The first-order valence-electron chi connectivity index (χ1n) is 5.32. The van der Waals surface area contributed by atoms with Crippen LogP contribution >= 0.6 is 0 Å². The summed E-state index contributed by atoms with van der Waals surface area (Å²) >= 11 is 0. The standard InChI is InChI=1S/C10H19N3O2/c1-4-5-14-6-8(11)9-12-10(7(2)3)15-13-9/h7-8H,4-6,11H2,1-3H3. The van der Waals surface area contributed by atoms with Crippen molar-refractivity contribution in [2.75, 3.05) is 13.2 Å². The SMILES string of the molecule is CCCOCC(N)c1noc(C(C)C)n1. The molecule has 0 spiro atoms.